The molecule has 0 aromatic heterocycles. The lowest BCUT2D eigenvalue weighted by Gasteiger charge is -2.35. The Morgan fingerprint density at radius 3 is 2.39 bits per heavy atom. The summed E-state index contributed by atoms with van der Waals surface area (Å²) in [5, 5.41) is 0. The summed E-state index contributed by atoms with van der Waals surface area (Å²) in [6.07, 6.45) is 1.02. The van der Waals surface area contributed by atoms with Crippen LogP contribution in [0.15, 0.2) is 48.5 Å². The zero-order valence-corrected chi connectivity index (χ0v) is 18.8. The molecule has 2 saturated heterocycles. The molecule has 0 radical (unpaired) electrons. The minimum atomic E-state index is -0.137. The fourth-order valence-electron chi connectivity index (χ4n) is 4.58. The number of anilines is 1. The molecule has 3 amide bonds. The van der Waals surface area contributed by atoms with Crippen molar-refractivity contribution in [3.8, 4) is 11.5 Å². The number of piperazine rings is 1. The van der Waals surface area contributed by atoms with Crippen LogP contribution in [-0.2, 0) is 11.2 Å². The summed E-state index contributed by atoms with van der Waals surface area (Å²) in [6.45, 7) is 6.42. The fraction of sp³-hybridized carbons (Fsp3) is 0.440. The topological polar surface area (TPSA) is 65.6 Å². The fourth-order valence-corrected chi connectivity index (χ4v) is 4.58. The zero-order chi connectivity index (χ0) is 22.6. The smallest absolute Gasteiger partial charge is 0.325 e. The SMILES string of the molecule is O=C(CN1CCN(c2ccc3c(c2)OCCO3)C1=O)N1CCN(CCc2ccccc2)CC1. The van der Waals surface area contributed by atoms with Crippen molar-refractivity contribution in [2.75, 3.05) is 70.5 Å². The van der Waals surface area contributed by atoms with Crippen LogP contribution in [0.25, 0.3) is 0 Å². The van der Waals surface area contributed by atoms with Crippen molar-refractivity contribution in [3.63, 3.8) is 0 Å². The van der Waals surface area contributed by atoms with Crippen LogP contribution in [0.4, 0.5) is 10.5 Å². The van der Waals surface area contributed by atoms with Gasteiger partial charge in [0.25, 0.3) is 0 Å². The van der Waals surface area contributed by atoms with Gasteiger partial charge in [0.1, 0.15) is 19.8 Å². The summed E-state index contributed by atoms with van der Waals surface area (Å²) in [4.78, 5) is 33.5. The lowest BCUT2D eigenvalue weighted by Crippen LogP contribution is -2.51. The highest BCUT2D eigenvalue weighted by Gasteiger charge is 2.33. The monoisotopic (exact) mass is 450 g/mol. The average Bonchev–Trinajstić information content (AvgIpc) is 3.23. The Hall–Kier alpha value is -3.26. The highest BCUT2D eigenvalue weighted by Crippen LogP contribution is 2.35. The molecule has 0 bridgehead atoms. The first-order chi connectivity index (χ1) is 16.2. The molecule has 2 fully saturated rings. The Labute approximate surface area is 194 Å². The number of amides is 3. The second kappa shape index (κ2) is 9.70. The quantitative estimate of drug-likeness (QED) is 0.674. The summed E-state index contributed by atoms with van der Waals surface area (Å²) in [5.41, 5.74) is 2.11. The molecule has 174 valence electrons. The van der Waals surface area contributed by atoms with Crippen molar-refractivity contribution in [2.24, 2.45) is 0 Å². The Kier molecular flexibility index (Phi) is 6.35. The van der Waals surface area contributed by atoms with E-state index in [-0.39, 0.29) is 18.5 Å². The van der Waals surface area contributed by atoms with Crippen LogP contribution in [0.5, 0.6) is 11.5 Å². The lowest BCUT2D eigenvalue weighted by atomic mass is 10.1. The van der Waals surface area contributed by atoms with Crippen LogP contribution in [0.2, 0.25) is 0 Å². The van der Waals surface area contributed by atoms with Gasteiger partial charge in [-0.1, -0.05) is 30.3 Å². The molecule has 0 N–H and O–H groups in total. The predicted molar refractivity (Wildman–Crippen MR) is 125 cm³/mol. The largest absolute Gasteiger partial charge is 0.486 e. The average molecular weight is 451 g/mol. The summed E-state index contributed by atoms with van der Waals surface area (Å²) in [7, 11) is 0. The summed E-state index contributed by atoms with van der Waals surface area (Å²) in [5.74, 6) is 1.38. The van der Waals surface area contributed by atoms with Crippen molar-refractivity contribution in [1.29, 1.82) is 0 Å². The third-order valence-electron chi connectivity index (χ3n) is 6.54. The van der Waals surface area contributed by atoms with Gasteiger partial charge in [0.05, 0.1) is 0 Å². The molecule has 0 spiro atoms. The highest BCUT2D eigenvalue weighted by atomic mass is 16.6. The maximum absolute atomic E-state index is 13.0. The zero-order valence-electron chi connectivity index (χ0n) is 18.8. The number of ether oxygens (including phenoxy) is 2. The number of hydrogen-bond donors (Lipinski definition) is 0. The molecule has 8 heteroatoms. The number of urea groups is 1. The number of benzene rings is 2. The van der Waals surface area contributed by atoms with E-state index in [2.05, 4.69) is 29.2 Å². The molecule has 3 aliphatic heterocycles. The van der Waals surface area contributed by atoms with Crippen molar-refractivity contribution in [3.05, 3.63) is 54.1 Å². The summed E-state index contributed by atoms with van der Waals surface area (Å²) >= 11 is 0. The van der Waals surface area contributed by atoms with Crippen molar-refractivity contribution < 1.29 is 19.1 Å². The van der Waals surface area contributed by atoms with Gasteiger partial charge in [-0.3, -0.25) is 14.6 Å². The van der Waals surface area contributed by atoms with E-state index in [9.17, 15) is 9.59 Å². The molecule has 5 rings (SSSR count). The van der Waals surface area contributed by atoms with Gasteiger partial charge in [-0.2, -0.15) is 0 Å². The molecule has 2 aromatic rings. The van der Waals surface area contributed by atoms with Gasteiger partial charge in [0.15, 0.2) is 11.5 Å². The molecule has 3 aliphatic rings. The molecular weight excluding hydrogens is 420 g/mol. The highest BCUT2D eigenvalue weighted by molar-refractivity contribution is 5.96. The van der Waals surface area contributed by atoms with Gasteiger partial charge in [-0.15, -0.1) is 0 Å². The first-order valence-electron chi connectivity index (χ1n) is 11.7. The number of nitrogens with zero attached hydrogens (tertiary/aromatic N) is 4. The van der Waals surface area contributed by atoms with Crippen molar-refractivity contribution in [2.45, 2.75) is 6.42 Å². The molecule has 33 heavy (non-hydrogen) atoms. The van der Waals surface area contributed by atoms with Gasteiger partial charge in [-0.25, -0.2) is 4.79 Å². The van der Waals surface area contributed by atoms with Crippen molar-refractivity contribution in [1.82, 2.24) is 14.7 Å². The maximum atomic E-state index is 13.0. The van der Waals surface area contributed by atoms with Crippen LogP contribution < -0.4 is 14.4 Å². The number of carbonyl (C=O) groups excluding carboxylic acids is 2. The van der Waals surface area contributed by atoms with E-state index >= 15 is 0 Å². The van der Waals surface area contributed by atoms with Gasteiger partial charge < -0.3 is 19.3 Å². The second-order valence-corrected chi connectivity index (χ2v) is 8.64. The first kappa shape index (κ1) is 21.6. The third-order valence-corrected chi connectivity index (χ3v) is 6.54. The van der Waals surface area contributed by atoms with E-state index in [4.69, 9.17) is 9.47 Å². The van der Waals surface area contributed by atoms with Crippen LogP contribution in [0.1, 0.15) is 5.56 Å². The Balaban J connectivity index is 1.10. The third kappa shape index (κ3) is 4.90. The van der Waals surface area contributed by atoms with Gasteiger partial charge >= 0.3 is 6.03 Å². The summed E-state index contributed by atoms with van der Waals surface area (Å²) in [6, 6.07) is 15.9. The molecular formula is C25H30N4O4. The predicted octanol–water partition coefficient (Wildman–Crippen LogP) is 2.09. The van der Waals surface area contributed by atoms with Crippen LogP contribution in [0.3, 0.4) is 0 Å². The van der Waals surface area contributed by atoms with Crippen LogP contribution >= 0.6 is 0 Å². The van der Waals surface area contributed by atoms with E-state index in [1.54, 1.807) is 9.80 Å². The minimum absolute atomic E-state index is 0.0232. The first-order valence-corrected chi connectivity index (χ1v) is 11.7. The number of hydrogen-bond acceptors (Lipinski definition) is 5. The Morgan fingerprint density at radius 2 is 1.61 bits per heavy atom. The summed E-state index contributed by atoms with van der Waals surface area (Å²) < 4.78 is 11.2. The lowest BCUT2D eigenvalue weighted by molar-refractivity contribution is -0.133. The molecule has 3 heterocycles. The number of fused-ring (bicyclic) bond motifs is 1. The molecule has 0 aliphatic carbocycles. The van der Waals surface area contributed by atoms with Gasteiger partial charge in [-0.05, 0) is 24.1 Å². The molecule has 0 atom stereocenters. The second-order valence-electron chi connectivity index (χ2n) is 8.64. The van der Waals surface area contributed by atoms with Gasteiger partial charge in [0.2, 0.25) is 5.91 Å². The number of carbonyl (C=O) groups is 2. The van der Waals surface area contributed by atoms with Crippen molar-refractivity contribution >= 4 is 17.6 Å². The van der Waals surface area contributed by atoms with Crippen LogP contribution in [-0.4, -0.2) is 92.2 Å². The van der Waals surface area contributed by atoms with Gasteiger partial charge in [0, 0.05) is 57.6 Å². The molecule has 2 aromatic carbocycles. The van der Waals surface area contributed by atoms with E-state index in [1.807, 2.05) is 29.2 Å². The number of rotatable bonds is 6. The standard InChI is InChI=1S/C25H30N4O4/c30-24(27-12-10-26(11-13-27)9-8-20-4-2-1-3-5-20)19-28-14-15-29(25(28)31)21-6-7-22-23(18-21)33-17-16-32-22/h1-7,18H,8-17,19H2. The van der Waals surface area contributed by atoms with E-state index < -0.39 is 0 Å². The Morgan fingerprint density at radius 1 is 0.848 bits per heavy atom. The minimum Gasteiger partial charge on any atom is -0.486 e. The van der Waals surface area contributed by atoms with Crippen LogP contribution in [0, 0.1) is 0 Å². The Bertz CT molecular complexity index is 991. The van der Waals surface area contributed by atoms with E-state index in [0.29, 0.717) is 50.9 Å². The van der Waals surface area contributed by atoms with E-state index in [1.165, 1.54) is 5.56 Å². The molecule has 8 nitrogen and oxygen atoms in total. The van der Waals surface area contributed by atoms with E-state index in [0.717, 1.165) is 31.7 Å². The molecule has 0 saturated carbocycles. The normalized spacial score (nSPS) is 18.7. The maximum Gasteiger partial charge on any atom is 0.325 e. The molecule has 0 unspecified atom stereocenters.